The molecule has 0 radical (unpaired) electrons. The maximum Gasteiger partial charge on any atom is 0.243 e. The van der Waals surface area contributed by atoms with Gasteiger partial charge in [0.2, 0.25) is 17.7 Å². The van der Waals surface area contributed by atoms with Gasteiger partial charge in [-0.2, -0.15) is 0 Å². The van der Waals surface area contributed by atoms with Crippen LogP contribution in [0.5, 0.6) is 0 Å². The molecule has 146 valence electrons. The number of amides is 3. The second-order valence-electron chi connectivity index (χ2n) is 7.32. The zero-order valence-electron chi connectivity index (χ0n) is 16.1. The lowest BCUT2D eigenvalue weighted by atomic mass is 9.96. The van der Waals surface area contributed by atoms with Crippen LogP contribution in [0.25, 0.3) is 0 Å². The minimum atomic E-state index is -0.474. The predicted octanol–water partition coefficient (Wildman–Crippen LogP) is -0.0338. The molecule has 1 aromatic rings. The fourth-order valence-corrected chi connectivity index (χ4v) is 3.76. The second kappa shape index (κ2) is 8.52. The number of carbonyl (C=O) groups excluding carboxylic acids is 3. The number of piperazine rings is 1. The van der Waals surface area contributed by atoms with E-state index in [-0.39, 0.29) is 23.6 Å². The predicted molar refractivity (Wildman–Crippen MR) is 102 cm³/mol. The van der Waals surface area contributed by atoms with Crippen molar-refractivity contribution < 1.29 is 14.4 Å². The third kappa shape index (κ3) is 4.47. The van der Waals surface area contributed by atoms with Gasteiger partial charge in [0.25, 0.3) is 0 Å². The molecule has 0 spiro atoms. The second-order valence-corrected chi connectivity index (χ2v) is 7.32. The van der Waals surface area contributed by atoms with Crippen molar-refractivity contribution >= 4 is 17.7 Å². The molecular formula is C20H28N4O3. The van der Waals surface area contributed by atoms with Gasteiger partial charge in [-0.15, -0.1) is 0 Å². The van der Waals surface area contributed by atoms with Gasteiger partial charge in [0, 0.05) is 53.2 Å². The summed E-state index contributed by atoms with van der Waals surface area (Å²) in [7, 11) is 1.61. The number of rotatable bonds is 5. The summed E-state index contributed by atoms with van der Waals surface area (Å²) in [5.41, 5.74) is 1.27. The van der Waals surface area contributed by atoms with Crippen LogP contribution in [-0.2, 0) is 20.8 Å². The van der Waals surface area contributed by atoms with Crippen molar-refractivity contribution in [3.05, 3.63) is 35.9 Å². The number of nitrogens with one attached hydrogen (secondary N) is 1. The third-order valence-electron chi connectivity index (χ3n) is 5.53. The minimum absolute atomic E-state index is 0.00682. The smallest absolute Gasteiger partial charge is 0.243 e. The zero-order valence-corrected chi connectivity index (χ0v) is 16.1. The van der Waals surface area contributed by atoms with Crippen molar-refractivity contribution in [2.45, 2.75) is 19.4 Å². The Morgan fingerprint density at radius 1 is 1.07 bits per heavy atom. The first-order valence-electron chi connectivity index (χ1n) is 9.53. The number of nitrogens with zero attached hydrogens (tertiary/aromatic N) is 3. The fraction of sp³-hybridized carbons (Fsp3) is 0.550. The van der Waals surface area contributed by atoms with Gasteiger partial charge in [0.15, 0.2) is 0 Å². The number of likely N-dealkylation sites (tertiary alicyclic amines) is 1. The number of hydrogen-bond donors (Lipinski definition) is 1. The minimum Gasteiger partial charge on any atom is -0.357 e. The van der Waals surface area contributed by atoms with E-state index in [4.69, 9.17) is 0 Å². The van der Waals surface area contributed by atoms with Crippen LogP contribution >= 0.6 is 0 Å². The van der Waals surface area contributed by atoms with E-state index >= 15 is 0 Å². The number of benzene rings is 1. The molecule has 0 aromatic heterocycles. The molecule has 1 aromatic carbocycles. The van der Waals surface area contributed by atoms with E-state index in [2.05, 4.69) is 22.3 Å². The summed E-state index contributed by atoms with van der Waals surface area (Å²) in [6.45, 7) is 5.14. The molecule has 2 saturated heterocycles. The topological polar surface area (TPSA) is 73.0 Å². The highest BCUT2D eigenvalue weighted by molar-refractivity contribution is 5.90. The Morgan fingerprint density at radius 3 is 2.41 bits per heavy atom. The molecule has 2 aliphatic heterocycles. The fourth-order valence-electron chi connectivity index (χ4n) is 3.76. The van der Waals surface area contributed by atoms with Crippen molar-refractivity contribution in [1.82, 2.24) is 20.0 Å². The summed E-state index contributed by atoms with van der Waals surface area (Å²) in [6.07, 6.45) is 0.922. The van der Waals surface area contributed by atoms with Crippen LogP contribution in [0.2, 0.25) is 0 Å². The number of carbonyl (C=O) groups is 3. The van der Waals surface area contributed by atoms with Crippen LogP contribution in [0, 0.1) is 5.92 Å². The molecule has 3 amide bonds. The molecule has 7 heteroatoms. The van der Waals surface area contributed by atoms with Gasteiger partial charge in [-0.1, -0.05) is 30.3 Å². The Labute approximate surface area is 160 Å². The third-order valence-corrected chi connectivity index (χ3v) is 5.53. The monoisotopic (exact) mass is 372 g/mol. The Kier molecular flexibility index (Phi) is 6.11. The summed E-state index contributed by atoms with van der Waals surface area (Å²) >= 11 is 0. The van der Waals surface area contributed by atoms with Gasteiger partial charge >= 0.3 is 0 Å². The van der Waals surface area contributed by atoms with E-state index < -0.39 is 6.04 Å². The van der Waals surface area contributed by atoms with E-state index in [9.17, 15) is 14.4 Å². The Balaban J connectivity index is 1.59. The molecule has 27 heavy (non-hydrogen) atoms. The van der Waals surface area contributed by atoms with Gasteiger partial charge in [-0.25, -0.2) is 0 Å². The first kappa shape index (κ1) is 19.4. The van der Waals surface area contributed by atoms with Crippen LogP contribution in [0.1, 0.15) is 12.5 Å². The summed E-state index contributed by atoms with van der Waals surface area (Å²) < 4.78 is 0. The van der Waals surface area contributed by atoms with Gasteiger partial charge in [-0.3, -0.25) is 19.3 Å². The summed E-state index contributed by atoms with van der Waals surface area (Å²) in [5, 5.41) is 2.69. The highest BCUT2D eigenvalue weighted by atomic mass is 16.2. The van der Waals surface area contributed by atoms with E-state index in [0.717, 1.165) is 19.5 Å². The largest absolute Gasteiger partial charge is 0.357 e. The van der Waals surface area contributed by atoms with Crippen molar-refractivity contribution in [2.24, 2.45) is 5.92 Å². The average Bonchev–Trinajstić information content (AvgIpc) is 2.64. The van der Waals surface area contributed by atoms with Crippen molar-refractivity contribution in [2.75, 3.05) is 46.3 Å². The van der Waals surface area contributed by atoms with Crippen molar-refractivity contribution in [3.63, 3.8) is 0 Å². The van der Waals surface area contributed by atoms with E-state index in [1.807, 2.05) is 18.2 Å². The standard InChI is InChI=1S/C20H28N4O3/c1-15(25)23-12-17(13-23)20(27)24-11-10-22(14-18(24)19(26)21-2)9-8-16-6-4-3-5-7-16/h3-7,17-18H,8-14H2,1-2H3,(H,21,26). The summed E-state index contributed by atoms with van der Waals surface area (Å²) in [6, 6.07) is 9.80. The number of likely N-dealkylation sites (N-methyl/N-ethyl adjacent to an activating group) is 1. The van der Waals surface area contributed by atoms with Crippen LogP contribution in [0.3, 0.4) is 0 Å². The van der Waals surface area contributed by atoms with Gasteiger partial charge in [0.1, 0.15) is 6.04 Å². The lowest BCUT2D eigenvalue weighted by Crippen LogP contribution is -2.64. The molecule has 0 bridgehead atoms. The summed E-state index contributed by atoms with van der Waals surface area (Å²) in [4.78, 5) is 42.2. The molecule has 3 rings (SSSR count). The SMILES string of the molecule is CNC(=O)C1CN(CCc2ccccc2)CCN1C(=O)C1CN(C(C)=O)C1. The molecule has 2 heterocycles. The van der Waals surface area contributed by atoms with E-state index in [1.54, 1.807) is 16.8 Å². The van der Waals surface area contributed by atoms with Gasteiger partial charge in [-0.05, 0) is 12.0 Å². The molecule has 2 fully saturated rings. The molecule has 7 nitrogen and oxygen atoms in total. The highest BCUT2D eigenvalue weighted by Gasteiger charge is 2.42. The molecular weight excluding hydrogens is 344 g/mol. The molecule has 1 atom stereocenters. The Morgan fingerprint density at radius 2 is 1.78 bits per heavy atom. The molecule has 2 aliphatic rings. The lowest BCUT2D eigenvalue weighted by molar-refractivity contribution is -0.154. The molecule has 0 aliphatic carbocycles. The van der Waals surface area contributed by atoms with Crippen molar-refractivity contribution in [1.29, 1.82) is 0 Å². The molecule has 1 N–H and O–H groups in total. The van der Waals surface area contributed by atoms with Crippen LogP contribution < -0.4 is 5.32 Å². The summed E-state index contributed by atoms with van der Waals surface area (Å²) in [5.74, 6) is -0.330. The Hall–Kier alpha value is -2.41. The van der Waals surface area contributed by atoms with Crippen LogP contribution in [0.4, 0.5) is 0 Å². The zero-order chi connectivity index (χ0) is 19.4. The number of hydrogen-bond acceptors (Lipinski definition) is 4. The lowest BCUT2D eigenvalue weighted by Gasteiger charge is -2.45. The van der Waals surface area contributed by atoms with E-state index in [1.165, 1.54) is 12.5 Å². The van der Waals surface area contributed by atoms with Crippen molar-refractivity contribution in [3.8, 4) is 0 Å². The van der Waals surface area contributed by atoms with Crippen LogP contribution in [-0.4, -0.2) is 84.8 Å². The molecule has 1 unspecified atom stereocenters. The first-order valence-corrected chi connectivity index (χ1v) is 9.53. The Bertz CT molecular complexity index is 688. The highest BCUT2D eigenvalue weighted by Crippen LogP contribution is 2.21. The average molecular weight is 372 g/mol. The van der Waals surface area contributed by atoms with Gasteiger partial charge < -0.3 is 15.1 Å². The van der Waals surface area contributed by atoms with E-state index in [0.29, 0.717) is 26.2 Å². The normalized spacial score (nSPS) is 20.9. The first-order chi connectivity index (χ1) is 13.0. The molecule has 0 saturated carbocycles. The maximum absolute atomic E-state index is 12.9. The maximum atomic E-state index is 12.9. The van der Waals surface area contributed by atoms with Gasteiger partial charge in [0.05, 0.1) is 5.92 Å². The van der Waals surface area contributed by atoms with Crippen LogP contribution in [0.15, 0.2) is 30.3 Å². The quantitative estimate of drug-likeness (QED) is 0.788.